The van der Waals surface area contributed by atoms with E-state index in [-0.39, 0.29) is 5.91 Å². The molecule has 5 heteroatoms. The van der Waals surface area contributed by atoms with E-state index in [2.05, 4.69) is 21.2 Å². The minimum atomic E-state index is -0.237. The van der Waals surface area contributed by atoms with Gasteiger partial charge in [-0.1, -0.05) is 24.6 Å². The Hall–Kier alpha value is -1.52. The monoisotopic (exact) mass is 381 g/mol. The van der Waals surface area contributed by atoms with Crippen molar-refractivity contribution in [3.63, 3.8) is 0 Å². The Morgan fingerprint density at radius 3 is 2.77 bits per heavy atom. The van der Waals surface area contributed by atoms with Gasteiger partial charge in [-0.2, -0.15) is 0 Å². The highest BCUT2D eigenvalue weighted by molar-refractivity contribution is 9.10. The molecule has 1 N–H and O–H groups in total. The molecule has 0 saturated carbocycles. The third-order valence-electron chi connectivity index (χ3n) is 3.02. The minimum absolute atomic E-state index is 0.237. The molecule has 22 heavy (non-hydrogen) atoms. The lowest BCUT2D eigenvalue weighted by Gasteiger charge is -2.13. The number of carbonyl (C=O) groups excluding carboxylic acids is 1. The number of anilines is 1. The van der Waals surface area contributed by atoms with Crippen molar-refractivity contribution in [1.29, 1.82) is 0 Å². The van der Waals surface area contributed by atoms with Gasteiger partial charge in [0.1, 0.15) is 5.75 Å². The first-order valence-electron chi connectivity index (χ1n) is 7.01. The summed E-state index contributed by atoms with van der Waals surface area (Å²) < 4.78 is 6.40. The van der Waals surface area contributed by atoms with E-state index in [1.165, 1.54) is 0 Å². The van der Waals surface area contributed by atoms with Gasteiger partial charge >= 0.3 is 0 Å². The Morgan fingerprint density at radius 2 is 2.05 bits per heavy atom. The summed E-state index contributed by atoms with van der Waals surface area (Å²) in [5, 5.41) is 3.39. The number of hydrogen-bond donors (Lipinski definition) is 1. The maximum absolute atomic E-state index is 12.4. The van der Waals surface area contributed by atoms with Crippen LogP contribution >= 0.6 is 27.5 Å². The van der Waals surface area contributed by atoms with Crippen LogP contribution in [0.1, 0.15) is 29.3 Å². The zero-order valence-corrected chi connectivity index (χ0v) is 14.8. The lowest BCUT2D eigenvalue weighted by molar-refractivity contribution is 0.102. The second-order valence-electron chi connectivity index (χ2n) is 4.93. The van der Waals surface area contributed by atoms with Crippen LogP contribution in [0.2, 0.25) is 5.02 Å². The normalized spacial score (nSPS) is 10.4. The van der Waals surface area contributed by atoms with Crippen molar-refractivity contribution in [3.8, 4) is 5.75 Å². The van der Waals surface area contributed by atoms with E-state index < -0.39 is 0 Å². The summed E-state index contributed by atoms with van der Waals surface area (Å²) in [7, 11) is 0. The van der Waals surface area contributed by atoms with Crippen molar-refractivity contribution in [2.45, 2.75) is 20.3 Å². The molecule has 0 fully saturated rings. The van der Waals surface area contributed by atoms with Gasteiger partial charge in [0.25, 0.3) is 5.91 Å². The molecule has 2 aromatic rings. The zero-order chi connectivity index (χ0) is 16.1. The van der Waals surface area contributed by atoms with Crippen LogP contribution in [-0.2, 0) is 0 Å². The van der Waals surface area contributed by atoms with Crippen LogP contribution in [-0.4, -0.2) is 12.5 Å². The number of aryl methyl sites for hydroxylation is 1. The number of carbonyl (C=O) groups is 1. The van der Waals surface area contributed by atoms with Crippen molar-refractivity contribution in [1.82, 2.24) is 0 Å². The second-order valence-corrected chi connectivity index (χ2v) is 6.22. The molecule has 2 rings (SSSR count). The average molecular weight is 383 g/mol. The van der Waals surface area contributed by atoms with Crippen LogP contribution in [0.3, 0.4) is 0 Å². The lowest BCUT2D eigenvalue weighted by Crippen LogP contribution is -2.14. The number of hydrogen-bond acceptors (Lipinski definition) is 2. The zero-order valence-electron chi connectivity index (χ0n) is 12.5. The number of ether oxygens (including phenoxy) is 1. The summed E-state index contributed by atoms with van der Waals surface area (Å²) >= 11 is 9.32. The molecular weight excluding hydrogens is 366 g/mol. The van der Waals surface area contributed by atoms with Crippen molar-refractivity contribution in [2.24, 2.45) is 0 Å². The van der Waals surface area contributed by atoms with Gasteiger partial charge in [0.05, 0.1) is 17.9 Å². The quantitative estimate of drug-likeness (QED) is 0.746. The summed E-state index contributed by atoms with van der Waals surface area (Å²) in [6.45, 7) is 4.63. The summed E-state index contributed by atoms with van der Waals surface area (Å²) in [5.74, 6) is 0.438. The third-order valence-corrected chi connectivity index (χ3v) is 3.95. The van der Waals surface area contributed by atoms with Crippen LogP contribution in [0.25, 0.3) is 0 Å². The van der Waals surface area contributed by atoms with E-state index in [0.29, 0.717) is 33.1 Å². The Balaban J connectivity index is 2.26. The Kier molecular flexibility index (Phi) is 5.86. The summed E-state index contributed by atoms with van der Waals surface area (Å²) in [5.41, 5.74) is 2.21. The van der Waals surface area contributed by atoms with Crippen LogP contribution in [0.4, 0.5) is 5.69 Å². The molecule has 3 nitrogen and oxygen atoms in total. The van der Waals surface area contributed by atoms with Gasteiger partial charge in [-0.05, 0) is 65.2 Å². The molecule has 0 aliphatic carbocycles. The molecule has 0 aromatic heterocycles. The van der Waals surface area contributed by atoms with Gasteiger partial charge in [0.2, 0.25) is 0 Å². The molecular formula is C17H17BrClNO2. The number of benzene rings is 2. The molecule has 1 amide bonds. The maximum Gasteiger partial charge on any atom is 0.256 e. The van der Waals surface area contributed by atoms with Crippen LogP contribution in [0.15, 0.2) is 40.9 Å². The van der Waals surface area contributed by atoms with Crippen molar-refractivity contribution in [3.05, 3.63) is 57.0 Å². The van der Waals surface area contributed by atoms with E-state index in [4.69, 9.17) is 16.3 Å². The van der Waals surface area contributed by atoms with E-state index in [1.807, 2.05) is 32.0 Å². The highest BCUT2D eigenvalue weighted by Gasteiger charge is 2.13. The van der Waals surface area contributed by atoms with E-state index in [0.717, 1.165) is 12.0 Å². The van der Waals surface area contributed by atoms with Crippen molar-refractivity contribution in [2.75, 3.05) is 11.9 Å². The first-order chi connectivity index (χ1) is 10.5. The fourth-order valence-corrected chi connectivity index (χ4v) is 2.52. The first-order valence-corrected chi connectivity index (χ1v) is 8.18. The molecule has 0 radical (unpaired) electrons. The van der Waals surface area contributed by atoms with Crippen LogP contribution < -0.4 is 10.1 Å². The van der Waals surface area contributed by atoms with E-state index in [1.54, 1.807) is 18.2 Å². The molecule has 0 aliphatic heterocycles. The van der Waals surface area contributed by atoms with Crippen molar-refractivity contribution >= 4 is 39.1 Å². The van der Waals surface area contributed by atoms with Gasteiger partial charge in [-0.3, -0.25) is 4.79 Å². The highest BCUT2D eigenvalue weighted by Crippen LogP contribution is 2.28. The van der Waals surface area contributed by atoms with E-state index >= 15 is 0 Å². The largest absolute Gasteiger partial charge is 0.491 e. The third kappa shape index (κ3) is 4.24. The molecule has 0 unspecified atom stereocenters. The fourth-order valence-electron chi connectivity index (χ4n) is 1.93. The Labute approximate surface area is 143 Å². The second kappa shape index (κ2) is 7.65. The predicted octanol–water partition coefficient (Wildman–Crippen LogP) is 5.45. The Morgan fingerprint density at radius 1 is 1.27 bits per heavy atom. The summed E-state index contributed by atoms with van der Waals surface area (Å²) in [6, 6.07) is 10.8. The van der Waals surface area contributed by atoms with Gasteiger partial charge in [0.15, 0.2) is 0 Å². The molecule has 0 atom stereocenters. The standard InChI is InChI=1S/C17H17BrClNO2/c1-3-8-22-16-9-11(2)4-7-15(16)20-17(21)13-10-12(19)5-6-14(13)18/h4-7,9-10H,3,8H2,1-2H3,(H,20,21). The molecule has 0 spiro atoms. The first kappa shape index (κ1) is 16.8. The van der Waals surface area contributed by atoms with Gasteiger partial charge in [0, 0.05) is 9.50 Å². The molecule has 0 aliphatic rings. The Bertz CT molecular complexity index is 688. The number of nitrogens with one attached hydrogen (secondary N) is 1. The number of rotatable bonds is 5. The highest BCUT2D eigenvalue weighted by atomic mass is 79.9. The summed E-state index contributed by atoms with van der Waals surface area (Å²) in [4.78, 5) is 12.4. The number of halogens is 2. The van der Waals surface area contributed by atoms with Crippen molar-refractivity contribution < 1.29 is 9.53 Å². The van der Waals surface area contributed by atoms with Gasteiger partial charge in [-0.15, -0.1) is 0 Å². The molecule has 0 bridgehead atoms. The lowest BCUT2D eigenvalue weighted by atomic mass is 10.1. The molecule has 0 heterocycles. The van der Waals surface area contributed by atoms with E-state index in [9.17, 15) is 4.79 Å². The van der Waals surface area contributed by atoms with Crippen LogP contribution in [0.5, 0.6) is 5.75 Å². The topological polar surface area (TPSA) is 38.3 Å². The predicted molar refractivity (Wildman–Crippen MR) is 94.1 cm³/mol. The van der Waals surface area contributed by atoms with Gasteiger partial charge in [-0.25, -0.2) is 0 Å². The van der Waals surface area contributed by atoms with Crippen LogP contribution in [0, 0.1) is 6.92 Å². The SMILES string of the molecule is CCCOc1cc(C)ccc1NC(=O)c1cc(Cl)ccc1Br. The summed E-state index contributed by atoms with van der Waals surface area (Å²) in [6.07, 6.45) is 0.904. The molecule has 2 aromatic carbocycles. The minimum Gasteiger partial charge on any atom is -0.491 e. The van der Waals surface area contributed by atoms with Gasteiger partial charge < -0.3 is 10.1 Å². The number of amides is 1. The smallest absolute Gasteiger partial charge is 0.256 e. The molecule has 116 valence electrons. The maximum atomic E-state index is 12.4. The fraction of sp³-hybridized carbons (Fsp3) is 0.235. The molecule has 0 saturated heterocycles. The average Bonchev–Trinajstić information content (AvgIpc) is 2.49.